The van der Waals surface area contributed by atoms with Crippen LogP contribution in [0, 0.1) is 0 Å². The van der Waals surface area contributed by atoms with E-state index in [2.05, 4.69) is 0 Å². The van der Waals surface area contributed by atoms with Gasteiger partial charge in [-0.15, -0.1) is 0 Å². The summed E-state index contributed by atoms with van der Waals surface area (Å²) in [7, 11) is 1.66. The molecule has 106 valence electrons. The number of ether oxygens (including phenoxy) is 1. The molecule has 0 heterocycles. The fraction of sp³-hybridized carbons (Fsp3) is 0.176. The second kappa shape index (κ2) is 5.40. The van der Waals surface area contributed by atoms with Gasteiger partial charge in [-0.3, -0.25) is 9.69 Å². The summed E-state index contributed by atoms with van der Waals surface area (Å²) in [6.07, 6.45) is 0.652. The highest BCUT2D eigenvalue weighted by Gasteiger charge is 2.24. The number of carbonyl (C=O) groups is 2. The van der Waals surface area contributed by atoms with Crippen molar-refractivity contribution in [2.24, 2.45) is 0 Å². The van der Waals surface area contributed by atoms with Gasteiger partial charge in [-0.2, -0.15) is 0 Å². The fourth-order valence-corrected chi connectivity index (χ4v) is 2.47. The normalized spacial score (nSPS) is 12.9. The van der Waals surface area contributed by atoms with Gasteiger partial charge in [-0.25, -0.2) is 4.79 Å². The fourth-order valence-electron chi connectivity index (χ4n) is 2.47. The molecule has 0 N–H and O–H groups in total. The Hall–Kier alpha value is -2.62. The Bertz CT molecular complexity index is 694. The van der Waals surface area contributed by atoms with Crippen LogP contribution in [-0.4, -0.2) is 18.9 Å². The number of amides is 1. The maximum atomic E-state index is 12.2. The van der Waals surface area contributed by atoms with Crippen molar-refractivity contribution >= 4 is 17.6 Å². The number of benzene rings is 2. The number of fused-ring (bicyclic) bond motifs is 1. The summed E-state index contributed by atoms with van der Waals surface area (Å²) in [5.41, 5.74) is 2.26. The lowest BCUT2D eigenvalue weighted by Crippen LogP contribution is -2.29. The molecule has 0 radical (unpaired) electrons. The third-order valence-corrected chi connectivity index (χ3v) is 3.65. The van der Waals surface area contributed by atoms with Crippen LogP contribution in [0.5, 0.6) is 5.75 Å². The van der Waals surface area contributed by atoms with E-state index >= 15 is 0 Å². The van der Waals surface area contributed by atoms with E-state index in [0.717, 1.165) is 11.3 Å². The summed E-state index contributed by atoms with van der Waals surface area (Å²) in [6, 6.07) is 14.5. The SMILES string of the molecule is CN(C(=O)Oc1cccc2c1CCC2=O)c1ccccc1. The molecule has 0 aliphatic heterocycles. The monoisotopic (exact) mass is 281 g/mol. The Morgan fingerprint density at radius 1 is 1.05 bits per heavy atom. The smallest absolute Gasteiger partial charge is 0.410 e. The van der Waals surface area contributed by atoms with Crippen molar-refractivity contribution in [2.75, 3.05) is 11.9 Å². The van der Waals surface area contributed by atoms with Crippen LogP contribution in [0.1, 0.15) is 22.3 Å². The summed E-state index contributed by atoms with van der Waals surface area (Å²) < 4.78 is 5.46. The van der Waals surface area contributed by atoms with E-state index in [1.807, 2.05) is 30.3 Å². The Kier molecular flexibility index (Phi) is 3.44. The van der Waals surface area contributed by atoms with Gasteiger partial charge >= 0.3 is 6.09 Å². The van der Waals surface area contributed by atoms with Crippen LogP contribution in [-0.2, 0) is 6.42 Å². The first-order valence-electron chi connectivity index (χ1n) is 6.82. The van der Waals surface area contributed by atoms with Gasteiger partial charge in [0.25, 0.3) is 0 Å². The molecule has 2 aromatic rings. The number of nitrogens with zero attached hydrogens (tertiary/aromatic N) is 1. The third-order valence-electron chi connectivity index (χ3n) is 3.65. The summed E-state index contributed by atoms with van der Waals surface area (Å²) in [5.74, 6) is 0.588. The van der Waals surface area contributed by atoms with Gasteiger partial charge < -0.3 is 4.74 Å². The lowest BCUT2D eigenvalue weighted by Gasteiger charge is -2.17. The molecule has 2 aromatic carbocycles. The topological polar surface area (TPSA) is 46.6 Å². The molecule has 1 aliphatic rings. The van der Waals surface area contributed by atoms with Crippen molar-refractivity contribution in [1.29, 1.82) is 0 Å². The molecule has 0 saturated heterocycles. The first-order valence-corrected chi connectivity index (χ1v) is 6.82. The summed E-state index contributed by atoms with van der Waals surface area (Å²) in [5, 5.41) is 0. The predicted molar refractivity (Wildman–Crippen MR) is 80.0 cm³/mol. The maximum Gasteiger partial charge on any atom is 0.419 e. The number of anilines is 1. The average molecular weight is 281 g/mol. The van der Waals surface area contributed by atoms with Crippen LogP contribution < -0.4 is 9.64 Å². The van der Waals surface area contributed by atoms with Crippen LogP contribution in [0.3, 0.4) is 0 Å². The zero-order chi connectivity index (χ0) is 14.8. The van der Waals surface area contributed by atoms with Crippen molar-refractivity contribution in [1.82, 2.24) is 0 Å². The van der Waals surface area contributed by atoms with Crippen LogP contribution >= 0.6 is 0 Å². The van der Waals surface area contributed by atoms with Gasteiger partial charge in [0, 0.05) is 30.3 Å². The predicted octanol–water partition coefficient (Wildman–Crippen LogP) is 3.45. The van der Waals surface area contributed by atoms with Crippen molar-refractivity contribution < 1.29 is 14.3 Å². The highest BCUT2D eigenvalue weighted by atomic mass is 16.6. The minimum Gasteiger partial charge on any atom is -0.410 e. The van der Waals surface area contributed by atoms with E-state index in [1.165, 1.54) is 4.90 Å². The van der Waals surface area contributed by atoms with Gasteiger partial charge in [0.05, 0.1) is 0 Å². The van der Waals surface area contributed by atoms with Crippen LogP contribution in [0.4, 0.5) is 10.5 Å². The quantitative estimate of drug-likeness (QED) is 0.847. The lowest BCUT2D eigenvalue weighted by atomic mass is 10.1. The van der Waals surface area contributed by atoms with Crippen molar-refractivity contribution in [3.8, 4) is 5.75 Å². The number of hydrogen-bond acceptors (Lipinski definition) is 3. The number of rotatable bonds is 2. The lowest BCUT2D eigenvalue weighted by molar-refractivity contribution is 0.0994. The second-order valence-corrected chi connectivity index (χ2v) is 4.97. The molecule has 1 amide bonds. The molecule has 0 atom stereocenters. The molecule has 0 saturated carbocycles. The third kappa shape index (κ3) is 2.52. The first kappa shape index (κ1) is 13.4. The van der Waals surface area contributed by atoms with Gasteiger partial charge in [0.2, 0.25) is 0 Å². The number of ketones is 1. The molecule has 0 bridgehead atoms. The van der Waals surface area contributed by atoms with Crippen molar-refractivity contribution in [2.45, 2.75) is 12.8 Å². The minimum absolute atomic E-state index is 0.110. The van der Waals surface area contributed by atoms with Crippen molar-refractivity contribution in [3.05, 3.63) is 59.7 Å². The van der Waals surface area contributed by atoms with Crippen LogP contribution in [0.2, 0.25) is 0 Å². The van der Waals surface area contributed by atoms with Crippen LogP contribution in [0.25, 0.3) is 0 Å². The molecule has 0 unspecified atom stereocenters. The molecule has 21 heavy (non-hydrogen) atoms. The van der Waals surface area contributed by atoms with E-state index in [0.29, 0.717) is 24.2 Å². The van der Waals surface area contributed by atoms with E-state index in [4.69, 9.17) is 4.74 Å². The van der Waals surface area contributed by atoms with Gasteiger partial charge in [0.1, 0.15) is 5.75 Å². The summed E-state index contributed by atoms with van der Waals surface area (Å²) in [6.45, 7) is 0. The minimum atomic E-state index is -0.464. The van der Waals surface area contributed by atoms with E-state index in [1.54, 1.807) is 25.2 Å². The zero-order valence-corrected chi connectivity index (χ0v) is 11.7. The second-order valence-electron chi connectivity index (χ2n) is 4.97. The standard InChI is InChI=1S/C17H15NO3/c1-18(12-6-3-2-4-7-12)17(20)21-16-9-5-8-13-14(16)10-11-15(13)19/h2-9H,10-11H2,1H3. The highest BCUT2D eigenvalue weighted by Crippen LogP contribution is 2.31. The summed E-state index contributed by atoms with van der Waals surface area (Å²) in [4.78, 5) is 25.4. The number of para-hydroxylation sites is 1. The molecule has 1 aliphatic carbocycles. The largest absolute Gasteiger partial charge is 0.419 e. The average Bonchev–Trinajstić information content (AvgIpc) is 2.90. The Balaban J connectivity index is 1.82. The van der Waals surface area contributed by atoms with Crippen LogP contribution in [0.15, 0.2) is 48.5 Å². The molecule has 0 spiro atoms. The molecule has 3 rings (SSSR count). The number of Topliss-reactive ketones (excluding diaryl/α,β-unsaturated/α-hetero) is 1. The molecular weight excluding hydrogens is 266 g/mol. The van der Waals surface area contributed by atoms with Gasteiger partial charge in [-0.1, -0.05) is 30.3 Å². The Morgan fingerprint density at radius 2 is 1.81 bits per heavy atom. The van der Waals surface area contributed by atoms with Gasteiger partial charge in [-0.05, 0) is 24.6 Å². The highest BCUT2D eigenvalue weighted by molar-refractivity contribution is 6.01. The molecule has 0 fully saturated rings. The van der Waals surface area contributed by atoms with E-state index in [9.17, 15) is 9.59 Å². The number of hydrogen-bond donors (Lipinski definition) is 0. The summed E-state index contributed by atoms with van der Waals surface area (Å²) >= 11 is 0. The van der Waals surface area contributed by atoms with Gasteiger partial charge in [0.15, 0.2) is 5.78 Å². The molecule has 4 heteroatoms. The maximum absolute atomic E-state index is 12.2. The Morgan fingerprint density at radius 3 is 2.57 bits per heavy atom. The van der Waals surface area contributed by atoms with Crippen molar-refractivity contribution in [3.63, 3.8) is 0 Å². The van der Waals surface area contributed by atoms with E-state index < -0.39 is 6.09 Å². The molecule has 4 nitrogen and oxygen atoms in total. The Labute approximate surface area is 123 Å². The zero-order valence-electron chi connectivity index (χ0n) is 11.7. The molecule has 0 aromatic heterocycles. The molecular formula is C17H15NO3. The number of carbonyl (C=O) groups excluding carboxylic acids is 2. The van der Waals surface area contributed by atoms with E-state index in [-0.39, 0.29) is 5.78 Å². The first-order chi connectivity index (χ1) is 10.2.